The van der Waals surface area contributed by atoms with Crippen LogP contribution in [0.25, 0.3) is 0 Å². The van der Waals surface area contributed by atoms with Gasteiger partial charge in [-0.3, -0.25) is 4.79 Å². The van der Waals surface area contributed by atoms with Gasteiger partial charge in [0.2, 0.25) is 11.0 Å². The van der Waals surface area contributed by atoms with E-state index in [1.54, 1.807) is 0 Å². The van der Waals surface area contributed by atoms with Gasteiger partial charge in [-0.2, -0.15) is 0 Å². The molecule has 0 unspecified atom stereocenters. The van der Waals surface area contributed by atoms with Gasteiger partial charge in [-0.1, -0.05) is 102 Å². The van der Waals surface area contributed by atoms with Crippen LogP contribution < -0.4 is 10.1 Å². The van der Waals surface area contributed by atoms with Crippen molar-refractivity contribution < 1.29 is 9.53 Å². The maximum absolute atomic E-state index is 13.2. The maximum Gasteiger partial charge on any atom is 0.233 e. The first-order valence-corrected chi connectivity index (χ1v) is 13.9. The summed E-state index contributed by atoms with van der Waals surface area (Å²) in [5, 5.41) is 12.4. The number of amides is 1. The molecule has 0 saturated heterocycles. The van der Waals surface area contributed by atoms with Gasteiger partial charge in [0.05, 0.1) is 5.75 Å². The Morgan fingerprint density at radius 1 is 0.737 bits per heavy atom. The molecule has 0 aliphatic carbocycles. The van der Waals surface area contributed by atoms with Crippen molar-refractivity contribution in [2.75, 3.05) is 11.1 Å². The zero-order valence-corrected chi connectivity index (χ0v) is 22.2. The monoisotopic (exact) mass is 538 g/mol. The molecule has 0 bridgehead atoms. The zero-order chi connectivity index (χ0) is 26.0. The Labute approximate surface area is 230 Å². The number of anilines is 2. The highest BCUT2D eigenvalue weighted by molar-refractivity contribution is 8.01. The number of nitrogens with one attached hydrogen (secondary N) is 1. The molecule has 38 heavy (non-hydrogen) atoms. The molecule has 8 heteroatoms. The number of ether oxygens (including phenoxy) is 1. The van der Waals surface area contributed by atoms with E-state index >= 15 is 0 Å². The first-order valence-electron chi connectivity index (χ1n) is 12.1. The first kappa shape index (κ1) is 25.5. The highest BCUT2D eigenvalue weighted by Gasteiger charge is 2.16. The van der Waals surface area contributed by atoms with Crippen molar-refractivity contribution in [3.05, 3.63) is 126 Å². The third-order valence-corrected chi connectivity index (χ3v) is 7.55. The number of hydrogen-bond donors (Lipinski definition) is 1. The molecular weight excluding hydrogens is 512 g/mol. The van der Waals surface area contributed by atoms with E-state index in [0.29, 0.717) is 24.0 Å². The number of benzene rings is 4. The van der Waals surface area contributed by atoms with Gasteiger partial charge >= 0.3 is 0 Å². The van der Waals surface area contributed by atoms with Crippen LogP contribution in [0.15, 0.2) is 120 Å². The molecule has 0 atom stereocenters. The van der Waals surface area contributed by atoms with Crippen molar-refractivity contribution in [3.8, 4) is 11.5 Å². The van der Waals surface area contributed by atoms with Gasteiger partial charge in [-0.25, -0.2) is 0 Å². The summed E-state index contributed by atoms with van der Waals surface area (Å²) in [5.41, 5.74) is 3.08. The van der Waals surface area contributed by atoms with E-state index in [9.17, 15) is 4.79 Å². The van der Waals surface area contributed by atoms with Crippen molar-refractivity contribution in [1.82, 2.24) is 15.1 Å². The molecule has 0 radical (unpaired) electrons. The maximum atomic E-state index is 13.2. The third kappa shape index (κ3) is 7.44. The molecule has 4 aromatic carbocycles. The zero-order valence-electron chi connectivity index (χ0n) is 20.6. The Morgan fingerprint density at radius 3 is 1.89 bits per heavy atom. The van der Waals surface area contributed by atoms with Crippen LogP contribution in [0.3, 0.4) is 0 Å². The summed E-state index contributed by atoms with van der Waals surface area (Å²) >= 11 is 2.83. The molecule has 0 aliphatic heterocycles. The van der Waals surface area contributed by atoms with Crippen LogP contribution in [0.2, 0.25) is 0 Å². The summed E-state index contributed by atoms with van der Waals surface area (Å²) in [7, 11) is 0. The Morgan fingerprint density at radius 2 is 1.29 bits per heavy atom. The number of nitrogens with zero attached hydrogens (tertiary/aromatic N) is 3. The molecule has 0 spiro atoms. The number of rotatable bonds is 11. The van der Waals surface area contributed by atoms with Crippen LogP contribution in [-0.4, -0.2) is 26.8 Å². The molecule has 1 heterocycles. The van der Waals surface area contributed by atoms with Gasteiger partial charge in [0.1, 0.15) is 11.5 Å². The highest BCUT2D eigenvalue weighted by atomic mass is 32.2. The van der Waals surface area contributed by atoms with Gasteiger partial charge in [0.25, 0.3) is 0 Å². The van der Waals surface area contributed by atoms with Crippen molar-refractivity contribution in [2.45, 2.75) is 17.4 Å². The van der Waals surface area contributed by atoms with Crippen LogP contribution in [0.5, 0.6) is 11.5 Å². The highest BCUT2D eigenvalue weighted by Crippen LogP contribution is 2.29. The van der Waals surface area contributed by atoms with Crippen LogP contribution >= 0.6 is 23.1 Å². The predicted molar refractivity (Wildman–Crippen MR) is 154 cm³/mol. The molecule has 6 nitrogen and oxygen atoms in total. The van der Waals surface area contributed by atoms with Gasteiger partial charge in [-0.05, 0) is 47.5 Å². The van der Waals surface area contributed by atoms with E-state index in [2.05, 4.69) is 15.5 Å². The van der Waals surface area contributed by atoms with E-state index < -0.39 is 0 Å². The topological polar surface area (TPSA) is 67.3 Å². The largest absolute Gasteiger partial charge is 0.457 e. The Hall–Kier alpha value is -4.14. The molecule has 5 aromatic rings. The fraction of sp³-hybridized carbons (Fsp3) is 0.100. The predicted octanol–water partition coefficient (Wildman–Crippen LogP) is 7.40. The molecule has 5 rings (SSSR count). The average molecular weight is 539 g/mol. The Balaban J connectivity index is 1.16. The van der Waals surface area contributed by atoms with Crippen molar-refractivity contribution in [1.29, 1.82) is 0 Å². The lowest BCUT2D eigenvalue weighted by atomic mass is 10.1. The molecular formula is C30H26N4O2S2. The minimum absolute atomic E-state index is 0.0569. The van der Waals surface area contributed by atoms with Crippen LogP contribution in [0, 0.1) is 0 Å². The third-order valence-electron chi connectivity index (χ3n) is 5.60. The van der Waals surface area contributed by atoms with Gasteiger partial charge < -0.3 is 15.0 Å². The quantitative estimate of drug-likeness (QED) is 0.177. The summed E-state index contributed by atoms with van der Waals surface area (Å²) in [4.78, 5) is 15.1. The number of aromatic nitrogens is 2. The summed E-state index contributed by atoms with van der Waals surface area (Å²) in [5.74, 6) is 1.89. The van der Waals surface area contributed by atoms with E-state index in [0.717, 1.165) is 32.7 Å². The second kappa shape index (κ2) is 12.9. The average Bonchev–Trinajstić information content (AvgIpc) is 3.41. The van der Waals surface area contributed by atoms with Gasteiger partial charge in [-0.15, -0.1) is 10.2 Å². The van der Waals surface area contributed by atoms with E-state index in [1.807, 2.05) is 120 Å². The molecule has 1 amide bonds. The SMILES string of the molecule is O=C(CSc1nnc(Nc2ccc(Oc3ccccc3)cc2)s1)N(Cc1ccccc1)Cc1ccccc1. The van der Waals surface area contributed by atoms with Crippen LogP contribution in [0.4, 0.5) is 10.8 Å². The van der Waals surface area contributed by atoms with Crippen molar-refractivity contribution >= 4 is 39.8 Å². The lowest BCUT2D eigenvalue weighted by Crippen LogP contribution is -2.31. The second-order valence-electron chi connectivity index (χ2n) is 8.45. The second-order valence-corrected chi connectivity index (χ2v) is 10.6. The number of hydrogen-bond acceptors (Lipinski definition) is 7. The van der Waals surface area contributed by atoms with Crippen LogP contribution in [-0.2, 0) is 17.9 Å². The van der Waals surface area contributed by atoms with E-state index in [-0.39, 0.29) is 5.91 Å². The van der Waals surface area contributed by atoms with Crippen molar-refractivity contribution in [3.63, 3.8) is 0 Å². The Kier molecular flexibility index (Phi) is 8.66. The Bertz CT molecular complexity index is 1390. The standard InChI is InChI=1S/C30H26N4O2S2/c35-28(34(20-23-10-4-1-5-11-23)21-24-12-6-2-7-13-24)22-37-30-33-32-29(38-30)31-25-16-18-27(19-17-25)36-26-14-8-3-9-15-26/h1-19H,20-22H2,(H,31,32). The molecule has 0 aliphatic rings. The lowest BCUT2D eigenvalue weighted by Gasteiger charge is -2.23. The molecule has 1 aromatic heterocycles. The lowest BCUT2D eigenvalue weighted by molar-refractivity contribution is -0.129. The van der Waals surface area contributed by atoms with Crippen molar-refractivity contribution in [2.24, 2.45) is 0 Å². The fourth-order valence-electron chi connectivity index (χ4n) is 3.73. The normalized spacial score (nSPS) is 10.6. The minimum atomic E-state index is 0.0569. The number of carbonyl (C=O) groups excluding carboxylic acids is 1. The smallest absolute Gasteiger partial charge is 0.233 e. The van der Waals surface area contributed by atoms with Crippen LogP contribution in [0.1, 0.15) is 11.1 Å². The molecule has 190 valence electrons. The summed E-state index contributed by atoms with van der Waals surface area (Å²) in [6, 6.07) is 37.4. The number of para-hydroxylation sites is 1. The van der Waals surface area contributed by atoms with Gasteiger partial charge in [0, 0.05) is 18.8 Å². The van der Waals surface area contributed by atoms with E-state index in [4.69, 9.17) is 4.74 Å². The minimum Gasteiger partial charge on any atom is -0.457 e. The fourth-order valence-corrected chi connectivity index (χ4v) is 5.40. The summed E-state index contributed by atoms with van der Waals surface area (Å²) in [6.07, 6.45) is 0. The molecule has 1 N–H and O–H groups in total. The first-order chi connectivity index (χ1) is 18.7. The molecule has 0 fully saturated rings. The van der Waals surface area contributed by atoms with Gasteiger partial charge in [0.15, 0.2) is 4.34 Å². The number of carbonyl (C=O) groups is 1. The van der Waals surface area contributed by atoms with E-state index in [1.165, 1.54) is 23.1 Å². The molecule has 0 saturated carbocycles. The summed E-state index contributed by atoms with van der Waals surface area (Å²) < 4.78 is 6.58. The summed E-state index contributed by atoms with van der Waals surface area (Å²) in [6.45, 7) is 1.12. The number of thioether (sulfide) groups is 1.